The van der Waals surface area contributed by atoms with Crippen molar-refractivity contribution in [1.82, 2.24) is 4.90 Å². The molecule has 2 bridgehead atoms. The molecule has 1 saturated heterocycles. The van der Waals surface area contributed by atoms with Gasteiger partial charge < -0.3 is 4.90 Å². The summed E-state index contributed by atoms with van der Waals surface area (Å²) in [7, 11) is 0. The van der Waals surface area contributed by atoms with E-state index in [2.05, 4.69) is 6.07 Å². The number of piperidine rings is 1. The Morgan fingerprint density at radius 3 is 2.50 bits per heavy atom. The van der Waals surface area contributed by atoms with E-state index in [0.29, 0.717) is 24.8 Å². The van der Waals surface area contributed by atoms with Crippen LogP contribution in [0.2, 0.25) is 0 Å². The predicted molar refractivity (Wildman–Crippen MR) is 61.5 cm³/mol. The van der Waals surface area contributed by atoms with Gasteiger partial charge in [0.1, 0.15) is 5.41 Å². The molecule has 2 aliphatic rings. The first-order chi connectivity index (χ1) is 7.66. The molecule has 0 spiro atoms. The Kier molecular flexibility index (Phi) is 2.92. The van der Waals surface area contributed by atoms with E-state index in [0.717, 1.165) is 13.0 Å². The number of amides is 1. The van der Waals surface area contributed by atoms with E-state index in [1.54, 1.807) is 0 Å². The Balaban J connectivity index is 2.16. The molecule has 0 aromatic carbocycles. The molecule has 2 rings (SSSR count). The van der Waals surface area contributed by atoms with Crippen LogP contribution in [0.3, 0.4) is 0 Å². The van der Waals surface area contributed by atoms with Crippen LogP contribution in [0.4, 0.5) is 0 Å². The third-order valence-electron chi connectivity index (χ3n) is 4.50. The summed E-state index contributed by atoms with van der Waals surface area (Å²) in [6.45, 7) is 4.78. The van der Waals surface area contributed by atoms with Crippen molar-refractivity contribution in [3.8, 4) is 6.07 Å². The first-order valence-corrected chi connectivity index (χ1v) is 6.39. The van der Waals surface area contributed by atoms with E-state index in [1.807, 2.05) is 18.7 Å². The number of fused-ring (bicyclic) bond motifs is 2. The first-order valence-electron chi connectivity index (χ1n) is 6.39. The van der Waals surface area contributed by atoms with Crippen molar-refractivity contribution in [1.29, 1.82) is 5.26 Å². The second-order valence-electron chi connectivity index (χ2n) is 5.19. The van der Waals surface area contributed by atoms with Gasteiger partial charge in [-0.25, -0.2) is 0 Å². The predicted octanol–water partition coefficient (Wildman–Crippen LogP) is 2.33. The Labute approximate surface area is 97.4 Å². The molecule has 2 atom stereocenters. The molecule has 1 heterocycles. The summed E-state index contributed by atoms with van der Waals surface area (Å²) < 4.78 is 0. The summed E-state index contributed by atoms with van der Waals surface area (Å²) >= 11 is 0. The molecular formula is C13H20N2O. The fraction of sp³-hybridized carbons (Fsp3) is 0.846. The van der Waals surface area contributed by atoms with Crippen molar-refractivity contribution in [3.05, 3.63) is 0 Å². The minimum atomic E-state index is -0.759. The highest BCUT2D eigenvalue weighted by Crippen LogP contribution is 2.40. The van der Waals surface area contributed by atoms with E-state index >= 15 is 0 Å². The lowest BCUT2D eigenvalue weighted by Gasteiger charge is -2.34. The SMILES string of the molecule is CCC(C#N)(CC)C(=O)N1CC2CCC1C2. The summed E-state index contributed by atoms with van der Waals surface area (Å²) in [5, 5.41) is 9.28. The molecular weight excluding hydrogens is 200 g/mol. The molecule has 1 amide bonds. The number of hydrogen-bond acceptors (Lipinski definition) is 2. The molecule has 0 N–H and O–H groups in total. The van der Waals surface area contributed by atoms with Crippen LogP contribution in [-0.2, 0) is 4.79 Å². The van der Waals surface area contributed by atoms with E-state index in [4.69, 9.17) is 0 Å². The molecule has 1 aliphatic heterocycles. The molecule has 0 radical (unpaired) electrons. The smallest absolute Gasteiger partial charge is 0.243 e. The lowest BCUT2D eigenvalue weighted by Crippen LogP contribution is -2.46. The summed E-state index contributed by atoms with van der Waals surface area (Å²) in [5.74, 6) is 0.797. The van der Waals surface area contributed by atoms with Gasteiger partial charge in [0.2, 0.25) is 5.91 Å². The van der Waals surface area contributed by atoms with Gasteiger partial charge in [0.25, 0.3) is 0 Å². The molecule has 2 unspecified atom stereocenters. The Morgan fingerprint density at radius 1 is 1.44 bits per heavy atom. The molecule has 0 aromatic rings. The van der Waals surface area contributed by atoms with Crippen LogP contribution in [0.5, 0.6) is 0 Å². The summed E-state index contributed by atoms with van der Waals surface area (Å²) in [4.78, 5) is 14.4. The monoisotopic (exact) mass is 220 g/mol. The van der Waals surface area contributed by atoms with Crippen LogP contribution in [0.1, 0.15) is 46.0 Å². The van der Waals surface area contributed by atoms with Crippen LogP contribution in [0.25, 0.3) is 0 Å². The maximum Gasteiger partial charge on any atom is 0.243 e. The highest BCUT2D eigenvalue weighted by atomic mass is 16.2. The maximum absolute atomic E-state index is 12.5. The van der Waals surface area contributed by atoms with Gasteiger partial charge in [0.05, 0.1) is 6.07 Å². The largest absolute Gasteiger partial charge is 0.338 e. The fourth-order valence-corrected chi connectivity index (χ4v) is 3.21. The van der Waals surface area contributed by atoms with Crippen LogP contribution in [0, 0.1) is 22.7 Å². The number of rotatable bonds is 3. The lowest BCUT2D eigenvalue weighted by atomic mass is 9.82. The number of hydrogen-bond donors (Lipinski definition) is 0. The van der Waals surface area contributed by atoms with E-state index in [9.17, 15) is 10.1 Å². The number of carbonyl (C=O) groups is 1. The van der Waals surface area contributed by atoms with E-state index in [-0.39, 0.29) is 5.91 Å². The van der Waals surface area contributed by atoms with Gasteiger partial charge in [0.15, 0.2) is 0 Å². The molecule has 3 heteroatoms. The van der Waals surface area contributed by atoms with Crippen LogP contribution in [0.15, 0.2) is 0 Å². The lowest BCUT2D eigenvalue weighted by molar-refractivity contribution is -0.141. The summed E-state index contributed by atoms with van der Waals surface area (Å²) in [5.41, 5.74) is -0.759. The van der Waals surface area contributed by atoms with Crippen molar-refractivity contribution in [3.63, 3.8) is 0 Å². The van der Waals surface area contributed by atoms with E-state index in [1.165, 1.54) is 12.8 Å². The topological polar surface area (TPSA) is 44.1 Å². The molecule has 2 fully saturated rings. The zero-order chi connectivity index (χ0) is 11.8. The van der Waals surface area contributed by atoms with Gasteiger partial charge >= 0.3 is 0 Å². The van der Waals surface area contributed by atoms with Crippen LogP contribution >= 0.6 is 0 Å². The number of nitrogens with zero attached hydrogens (tertiary/aromatic N) is 2. The van der Waals surface area contributed by atoms with Crippen LogP contribution in [-0.4, -0.2) is 23.4 Å². The maximum atomic E-state index is 12.5. The minimum Gasteiger partial charge on any atom is -0.338 e. The Hall–Kier alpha value is -1.04. The van der Waals surface area contributed by atoms with Crippen molar-refractivity contribution in [2.24, 2.45) is 11.3 Å². The van der Waals surface area contributed by atoms with Crippen molar-refractivity contribution < 1.29 is 4.79 Å². The summed E-state index contributed by atoms with van der Waals surface area (Å²) in [6.07, 6.45) is 4.84. The van der Waals surface area contributed by atoms with Gasteiger partial charge in [-0.1, -0.05) is 13.8 Å². The average molecular weight is 220 g/mol. The van der Waals surface area contributed by atoms with Gasteiger partial charge in [-0.15, -0.1) is 0 Å². The molecule has 1 aliphatic carbocycles. The van der Waals surface area contributed by atoms with Gasteiger partial charge in [0, 0.05) is 12.6 Å². The highest BCUT2D eigenvalue weighted by Gasteiger charge is 2.46. The number of nitriles is 1. The van der Waals surface area contributed by atoms with Gasteiger partial charge in [-0.05, 0) is 38.0 Å². The van der Waals surface area contributed by atoms with E-state index < -0.39 is 5.41 Å². The molecule has 88 valence electrons. The number of carbonyl (C=O) groups excluding carboxylic acids is 1. The van der Waals surface area contributed by atoms with Gasteiger partial charge in [-0.2, -0.15) is 5.26 Å². The second-order valence-corrected chi connectivity index (χ2v) is 5.19. The first kappa shape index (κ1) is 11.4. The van der Waals surface area contributed by atoms with Crippen LogP contribution < -0.4 is 0 Å². The second kappa shape index (κ2) is 4.08. The average Bonchev–Trinajstić information content (AvgIpc) is 2.93. The highest BCUT2D eigenvalue weighted by molar-refractivity contribution is 5.86. The molecule has 3 nitrogen and oxygen atoms in total. The minimum absolute atomic E-state index is 0.0900. The molecule has 0 aromatic heterocycles. The Morgan fingerprint density at radius 2 is 2.12 bits per heavy atom. The van der Waals surface area contributed by atoms with Crippen molar-refractivity contribution in [2.75, 3.05) is 6.54 Å². The third-order valence-corrected chi connectivity index (χ3v) is 4.50. The van der Waals surface area contributed by atoms with Crippen molar-refractivity contribution in [2.45, 2.75) is 52.0 Å². The molecule has 16 heavy (non-hydrogen) atoms. The number of likely N-dealkylation sites (tertiary alicyclic amines) is 1. The van der Waals surface area contributed by atoms with Gasteiger partial charge in [-0.3, -0.25) is 4.79 Å². The zero-order valence-electron chi connectivity index (χ0n) is 10.2. The third kappa shape index (κ3) is 1.52. The fourth-order valence-electron chi connectivity index (χ4n) is 3.21. The normalized spacial score (nSPS) is 28.2. The Bertz CT molecular complexity index is 327. The summed E-state index contributed by atoms with van der Waals surface area (Å²) in [6, 6.07) is 2.69. The quantitative estimate of drug-likeness (QED) is 0.732. The molecule has 1 saturated carbocycles. The van der Waals surface area contributed by atoms with Crippen molar-refractivity contribution >= 4 is 5.91 Å². The standard InChI is InChI=1S/C13H20N2O/c1-3-13(4-2,9-14)12(16)15-8-10-5-6-11(15)7-10/h10-11H,3-8H2,1-2H3. The zero-order valence-corrected chi connectivity index (χ0v) is 10.2.